The minimum atomic E-state index is -0.375. The van der Waals surface area contributed by atoms with Gasteiger partial charge in [-0.3, -0.25) is 0 Å². The fraction of sp³-hybridized carbons (Fsp3) is 0.600. The molecule has 0 amide bonds. The Morgan fingerprint density at radius 2 is 2.00 bits per heavy atom. The van der Waals surface area contributed by atoms with E-state index in [0.717, 1.165) is 12.8 Å². The lowest BCUT2D eigenvalue weighted by atomic mass is 10.1. The molecule has 0 bridgehead atoms. The smallest absolute Gasteiger partial charge is 0.165 e. The summed E-state index contributed by atoms with van der Waals surface area (Å²) in [5.74, 6) is 2.44. The zero-order valence-corrected chi connectivity index (χ0v) is 7.26. The first-order chi connectivity index (χ1) is 4.27. The third-order valence-electron chi connectivity index (χ3n) is 0.786. The van der Waals surface area contributed by atoms with Crippen LogP contribution in [0.4, 0.5) is 0 Å². The van der Waals surface area contributed by atoms with Crippen LogP contribution in [-0.4, -0.2) is 11.4 Å². The van der Waals surface area contributed by atoms with Crippen molar-refractivity contribution in [3.8, 4) is 0 Å². The van der Waals surface area contributed by atoms with Crippen molar-refractivity contribution in [2.45, 2.75) is 12.8 Å². The first-order valence-electron chi connectivity index (χ1n) is 2.78. The van der Waals surface area contributed by atoms with Crippen molar-refractivity contribution >= 4 is 40.1 Å². The van der Waals surface area contributed by atoms with Gasteiger partial charge in [-0.15, -0.1) is 11.6 Å². The number of alkyl halides is 1. The molecule has 0 radical (unpaired) electrons. The van der Waals surface area contributed by atoms with Gasteiger partial charge >= 0.3 is 5.54 Å². The van der Waals surface area contributed by atoms with Gasteiger partial charge in [-0.05, 0) is 12.8 Å². The summed E-state index contributed by atoms with van der Waals surface area (Å²) in [6.07, 6.45) is 3.88. The summed E-state index contributed by atoms with van der Waals surface area (Å²) < 4.78 is 0. The molecule has 0 aromatic rings. The van der Waals surface area contributed by atoms with Crippen LogP contribution in [0.1, 0.15) is 12.8 Å². The summed E-state index contributed by atoms with van der Waals surface area (Å²) >= 11 is 16.2. The molecule has 0 rings (SSSR count). The second-order valence-electron chi connectivity index (χ2n) is 1.59. The van der Waals surface area contributed by atoms with Gasteiger partial charge in [0.05, 0.1) is 0 Å². The summed E-state index contributed by atoms with van der Waals surface area (Å²) in [6, 6.07) is 0. The molecule has 4 heteroatoms. The van der Waals surface area contributed by atoms with Crippen LogP contribution in [0, 0.1) is 0 Å². The van der Waals surface area contributed by atoms with Gasteiger partial charge in [0.1, 0.15) is 0 Å². The Morgan fingerprint density at radius 3 is 2.44 bits per heavy atom. The summed E-state index contributed by atoms with van der Waals surface area (Å²) in [5.41, 5.74) is -0.375. The molecule has 0 spiro atoms. The third kappa shape index (κ3) is 8.67. The van der Waals surface area contributed by atoms with Gasteiger partial charge in [-0.25, -0.2) is 0 Å². The summed E-state index contributed by atoms with van der Waals surface area (Å²) in [4.78, 5) is 0. The summed E-state index contributed by atoms with van der Waals surface area (Å²) in [5, 5.41) is 0. The van der Waals surface area contributed by atoms with Crippen LogP contribution in [-0.2, 0) is 0 Å². The molecule has 9 heavy (non-hydrogen) atoms. The Hall–Kier alpha value is 0.675. The van der Waals surface area contributed by atoms with Crippen molar-refractivity contribution in [2.75, 3.05) is 5.88 Å². The van der Waals surface area contributed by atoms with E-state index in [4.69, 9.17) is 34.5 Å². The molecule has 0 aliphatic carbocycles. The number of hydrogen-bond donors (Lipinski definition) is 0. The van der Waals surface area contributed by atoms with E-state index in [9.17, 15) is 0 Å². The normalized spacial score (nSPS) is 10.6. The molecule has 0 nitrogen and oxygen atoms in total. The number of allylic oxidation sites excluding steroid dienone is 1. The molecule has 0 aliphatic heterocycles. The largest absolute Gasteiger partial charge is 0.375 e. The van der Waals surface area contributed by atoms with Gasteiger partial charge in [-0.2, -0.15) is 22.9 Å². The molecule has 52 valence electrons. The molecule has 0 aromatic carbocycles. The first-order valence-corrected chi connectivity index (χ1v) is 4.19. The van der Waals surface area contributed by atoms with E-state index >= 15 is 0 Å². The maximum Gasteiger partial charge on any atom is 0.375 e. The van der Waals surface area contributed by atoms with Gasteiger partial charge in [0.2, 0.25) is 0 Å². The maximum absolute atomic E-state index is 5.42. The maximum atomic E-state index is 5.42. The Bertz CT molecular complexity index is 82.3. The van der Waals surface area contributed by atoms with Gasteiger partial charge in [-0.1, -0.05) is 12.1 Å². The van der Waals surface area contributed by atoms with Crippen LogP contribution >= 0.6 is 34.5 Å². The van der Waals surface area contributed by atoms with Crippen molar-refractivity contribution < 1.29 is 0 Å². The van der Waals surface area contributed by atoms with Crippen LogP contribution in [0.15, 0.2) is 12.1 Å². The van der Waals surface area contributed by atoms with E-state index in [2.05, 4.69) is 0 Å². The number of rotatable bonds is 4. The fourth-order valence-electron chi connectivity index (χ4n) is 0.394. The number of hydrogen-bond acceptors (Lipinski definition) is 0. The van der Waals surface area contributed by atoms with Gasteiger partial charge < -0.3 is 0 Å². The first kappa shape index (κ1) is 9.67. The highest BCUT2D eigenvalue weighted by molar-refractivity contribution is 7.36. The molecular weight excluding hydrogens is 177 g/mol. The molecule has 0 N–H and O–H groups in total. The average molecular weight is 185 g/mol. The van der Waals surface area contributed by atoms with Crippen LogP contribution < -0.4 is 0 Å². The highest BCUT2D eigenvalue weighted by atomic mass is 35.5. The van der Waals surface area contributed by atoms with Gasteiger partial charge in [0.25, 0.3) is 0 Å². The van der Waals surface area contributed by atoms with Crippen molar-refractivity contribution in [2.24, 2.45) is 0 Å². The van der Waals surface area contributed by atoms with Crippen LogP contribution in [0.2, 0.25) is 0 Å². The molecule has 0 atom stereocenters. The molecule has 0 saturated heterocycles. The van der Waals surface area contributed by atoms with Crippen LogP contribution in [0.5, 0.6) is 0 Å². The SMILES string of the molecule is ClCCC/C=C/B(Cl)Cl. The molecule has 0 aromatic heterocycles. The molecule has 0 aliphatic rings. The lowest BCUT2D eigenvalue weighted by Gasteiger charge is -1.86. The molecule has 0 unspecified atom stereocenters. The lowest BCUT2D eigenvalue weighted by molar-refractivity contribution is 0.968. The van der Waals surface area contributed by atoms with Crippen molar-refractivity contribution in [1.29, 1.82) is 0 Å². The molecule has 0 saturated carbocycles. The summed E-state index contributed by atoms with van der Waals surface area (Å²) in [7, 11) is 0. The number of unbranched alkanes of at least 4 members (excludes halogenated alkanes) is 1. The predicted octanol–water partition coefficient (Wildman–Crippen LogP) is 3.07. The molecular formula is C5H8BCl3. The lowest BCUT2D eigenvalue weighted by Crippen LogP contribution is -1.83. The van der Waals surface area contributed by atoms with Crippen molar-refractivity contribution in [1.82, 2.24) is 0 Å². The Labute approximate surface area is 71.1 Å². The fourth-order valence-corrected chi connectivity index (χ4v) is 0.754. The van der Waals surface area contributed by atoms with E-state index in [1.807, 2.05) is 6.08 Å². The van der Waals surface area contributed by atoms with Gasteiger partial charge in [0.15, 0.2) is 0 Å². The monoisotopic (exact) mass is 184 g/mol. The highest BCUT2D eigenvalue weighted by Gasteiger charge is 1.95. The van der Waals surface area contributed by atoms with E-state index in [0.29, 0.717) is 5.88 Å². The summed E-state index contributed by atoms with van der Waals surface area (Å²) in [6.45, 7) is 0. The van der Waals surface area contributed by atoms with E-state index in [1.54, 1.807) is 5.98 Å². The van der Waals surface area contributed by atoms with E-state index < -0.39 is 0 Å². The average Bonchev–Trinajstić information content (AvgIpc) is 1.80. The minimum Gasteiger partial charge on any atom is -0.165 e. The van der Waals surface area contributed by atoms with E-state index in [-0.39, 0.29) is 5.54 Å². The Kier molecular flexibility index (Phi) is 7.30. The minimum absolute atomic E-state index is 0.375. The van der Waals surface area contributed by atoms with E-state index in [1.165, 1.54) is 0 Å². The molecule has 0 heterocycles. The van der Waals surface area contributed by atoms with Crippen molar-refractivity contribution in [3.63, 3.8) is 0 Å². The van der Waals surface area contributed by atoms with Crippen molar-refractivity contribution in [3.05, 3.63) is 12.1 Å². The number of halogens is 3. The highest BCUT2D eigenvalue weighted by Crippen LogP contribution is 1.99. The zero-order valence-electron chi connectivity index (χ0n) is 4.99. The topological polar surface area (TPSA) is 0 Å². The third-order valence-corrected chi connectivity index (χ3v) is 1.34. The Morgan fingerprint density at radius 1 is 1.33 bits per heavy atom. The Balaban J connectivity index is 3.04. The molecule has 0 fully saturated rings. The standard InChI is InChI=1S/C5H8BCl3/c7-5-3-1-2-4-6(8)9/h2,4H,1,3,5H2/b4-2+. The van der Waals surface area contributed by atoms with Crippen LogP contribution in [0.25, 0.3) is 0 Å². The van der Waals surface area contributed by atoms with Gasteiger partial charge in [0, 0.05) is 5.88 Å². The second-order valence-corrected chi connectivity index (χ2v) is 3.14. The predicted molar refractivity (Wildman–Crippen MR) is 46.6 cm³/mol. The second kappa shape index (κ2) is 6.79. The van der Waals surface area contributed by atoms with Crippen LogP contribution in [0.3, 0.4) is 0 Å². The zero-order chi connectivity index (χ0) is 7.11. The quantitative estimate of drug-likeness (QED) is 0.359.